The quantitative estimate of drug-likeness (QED) is 0.774. The topological polar surface area (TPSA) is 21.3 Å². The van der Waals surface area contributed by atoms with Crippen molar-refractivity contribution in [2.24, 2.45) is 16.7 Å². The van der Waals surface area contributed by atoms with Crippen molar-refractivity contribution < 1.29 is 4.74 Å². The lowest BCUT2D eigenvalue weighted by Gasteiger charge is -2.39. The Morgan fingerprint density at radius 1 is 1.24 bits per heavy atom. The molecule has 3 unspecified atom stereocenters. The average Bonchev–Trinajstić information content (AvgIpc) is 2.78. The number of hydrogen-bond donors (Lipinski definition) is 1. The Kier molecular flexibility index (Phi) is 3.96. The molecule has 1 N–H and O–H groups in total. The highest BCUT2D eigenvalue weighted by Crippen LogP contribution is 2.66. The van der Waals surface area contributed by atoms with Crippen molar-refractivity contribution in [1.29, 1.82) is 0 Å². The fraction of sp³-hybridized carbons (Fsp3) is 0.667. The van der Waals surface area contributed by atoms with Gasteiger partial charge in [-0.1, -0.05) is 32.4 Å². The molecule has 2 aliphatic rings. The van der Waals surface area contributed by atoms with E-state index in [1.165, 1.54) is 19.3 Å². The summed E-state index contributed by atoms with van der Waals surface area (Å²) < 4.78 is 6.23. The summed E-state index contributed by atoms with van der Waals surface area (Å²) in [5, 5.41) is 4.16. The lowest BCUT2D eigenvalue weighted by Crippen LogP contribution is -2.37. The standard InChI is InChI=1S/C18H26ClNO/c1-17(2)13-8-9-18(17,3)16(12-13)21-11-10-20-15-6-4-14(19)5-7-15/h4-7,13,16,20H,8-12H2,1-3H3. The number of halogens is 1. The SMILES string of the molecule is CC1(C)C2CCC1(C)C(OCCNc1ccc(Cl)cc1)C2. The summed E-state index contributed by atoms with van der Waals surface area (Å²) in [5.41, 5.74) is 1.89. The van der Waals surface area contributed by atoms with Gasteiger partial charge >= 0.3 is 0 Å². The molecule has 2 aliphatic carbocycles. The first-order valence-corrected chi connectivity index (χ1v) is 8.42. The predicted octanol–water partition coefficient (Wildman–Crippen LogP) is 4.98. The van der Waals surface area contributed by atoms with Gasteiger partial charge in [-0.25, -0.2) is 0 Å². The molecule has 2 saturated carbocycles. The van der Waals surface area contributed by atoms with Gasteiger partial charge in [0.1, 0.15) is 0 Å². The highest BCUT2D eigenvalue weighted by atomic mass is 35.5. The largest absolute Gasteiger partial charge is 0.383 e. The summed E-state index contributed by atoms with van der Waals surface area (Å²) in [6.07, 6.45) is 4.37. The van der Waals surface area contributed by atoms with Gasteiger partial charge in [0.2, 0.25) is 0 Å². The maximum atomic E-state index is 6.23. The molecule has 2 bridgehead atoms. The molecule has 21 heavy (non-hydrogen) atoms. The van der Waals surface area contributed by atoms with Crippen LogP contribution in [0.25, 0.3) is 0 Å². The lowest BCUT2D eigenvalue weighted by molar-refractivity contribution is -0.0425. The molecule has 2 fully saturated rings. The van der Waals surface area contributed by atoms with Gasteiger partial charge in [-0.3, -0.25) is 0 Å². The summed E-state index contributed by atoms with van der Waals surface area (Å²) >= 11 is 5.88. The molecule has 2 nitrogen and oxygen atoms in total. The Bertz CT molecular complexity index is 498. The van der Waals surface area contributed by atoms with Crippen LogP contribution in [0.4, 0.5) is 5.69 Å². The second-order valence-electron chi connectivity index (χ2n) is 7.40. The minimum absolute atomic E-state index is 0.359. The smallest absolute Gasteiger partial charge is 0.0643 e. The van der Waals surface area contributed by atoms with Crippen molar-refractivity contribution in [3.63, 3.8) is 0 Å². The average molecular weight is 308 g/mol. The summed E-state index contributed by atoms with van der Waals surface area (Å²) in [6.45, 7) is 8.91. The number of fused-ring (bicyclic) bond motifs is 2. The third kappa shape index (κ3) is 2.57. The highest BCUT2D eigenvalue weighted by molar-refractivity contribution is 6.30. The van der Waals surface area contributed by atoms with E-state index in [1.54, 1.807) is 0 Å². The predicted molar refractivity (Wildman–Crippen MR) is 88.9 cm³/mol. The Labute approximate surface area is 133 Å². The molecular weight excluding hydrogens is 282 g/mol. The van der Waals surface area contributed by atoms with Crippen LogP contribution in [-0.4, -0.2) is 19.3 Å². The second kappa shape index (κ2) is 5.48. The van der Waals surface area contributed by atoms with Gasteiger partial charge in [0, 0.05) is 17.3 Å². The van der Waals surface area contributed by atoms with E-state index < -0.39 is 0 Å². The number of benzene rings is 1. The van der Waals surface area contributed by atoms with Crippen LogP contribution in [0.3, 0.4) is 0 Å². The summed E-state index contributed by atoms with van der Waals surface area (Å²) in [7, 11) is 0. The highest BCUT2D eigenvalue weighted by Gasteiger charge is 2.61. The van der Waals surface area contributed by atoms with E-state index in [2.05, 4.69) is 26.1 Å². The van der Waals surface area contributed by atoms with E-state index in [1.807, 2.05) is 24.3 Å². The third-order valence-electron chi connectivity index (χ3n) is 6.31. The van der Waals surface area contributed by atoms with Gasteiger partial charge in [-0.15, -0.1) is 0 Å². The van der Waals surface area contributed by atoms with Crippen molar-refractivity contribution in [3.05, 3.63) is 29.3 Å². The van der Waals surface area contributed by atoms with Crippen LogP contribution >= 0.6 is 11.6 Å². The molecule has 0 spiro atoms. The fourth-order valence-corrected chi connectivity index (χ4v) is 4.47. The number of rotatable bonds is 5. The van der Waals surface area contributed by atoms with Crippen molar-refractivity contribution in [2.45, 2.75) is 46.1 Å². The van der Waals surface area contributed by atoms with Crippen molar-refractivity contribution in [1.82, 2.24) is 0 Å². The maximum Gasteiger partial charge on any atom is 0.0643 e. The lowest BCUT2D eigenvalue weighted by atomic mass is 9.70. The van der Waals surface area contributed by atoms with Crippen LogP contribution < -0.4 is 5.32 Å². The van der Waals surface area contributed by atoms with Crippen LogP contribution in [0.5, 0.6) is 0 Å². The second-order valence-corrected chi connectivity index (χ2v) is 7.84. The fourth-order valence-electron chi connectivity index (χ4n) is 4.35. The van der Waals surface area contributed by atoms with Crippen LogP contribution in [0.15, 0.2) is 24.3 Å². The van der Waals surface area contributed by atoms with Gasteiger partial charge in [-0.05, 0) is 60.3 Å². The molecule has 3 rings (SSSR count). The van der Waals surface area contributed by atoms with Crippen LogP contribution in [0.2, 0.25) is 5.02 Å². The van der Waals surface area contributed by atoms with E-state index in [9.17, 15) is 0 Å². The van der Waals surface area contributed by atoms with E-state index >= 15 is 0 Å². The first-order valence-electron chi connectivity index (χ1n) is 8.04. The summed E-state index contributed by atoms with van der Waals surface area (Å²) in [6, 6.07) is 7.82. The molecule has 0 saturated heterocycles. The normalized spacial score (nSPS) is 33.3. The third-order valence-corrected chi connectivity index (χ3v) is 6.56. The van der Waals surface area contributed by atoms with Gasteiger partial charge in [0.15, 0.2) is 0 Å². The zero-order valence-electron chi connectivity index (χ0n) is 13.3. The number of ether oxygens (including phenoxy) is 1. The van der Waals surface area contributed by atoms with E-state index in [4.69, 9.17) is 16.3 Å². The van der Waals surface area contributed by atoms with E-state index in [0.29, 0.717) is 16.9 Å². The molecule has 0 amide bonds. The Hall–Kier alpha value is -0.730. The van der Waals surface area contributed by atoms with Crippen LogP contribution in [0.1, 0.15) is 40.0 Å². The molecule has 3 heteroatoms. The van der Waals surface area contributed by atoms with Crippen molar-refractivity contribution >= 4 is 17.3 Å². The molecule has 1 aromatic rings. The minimum atomic E-state index is 0.359. The monoisotopic (exact) mass is 307 g/mol. The number of anilines is 1. The van der Waals surface area contributed by atoms with Crippen LogP contribution in [0, 0.1) is 16.7 Å². The van der Waals surface area contributed by atoms with Gasteiger partial charge in [0.05, 0.1) is 12.7 Å². The molecule has 1 aromatic carbocycles. The van der Waals surface area contributed by atoms with Gasteiger partial charge in [0.25, 0.3) is 0 Å². The van der Waals surface area contributed by atoms with Crippen molar-refractivity contribution in [2.75, 3.05) is 18.5 Å². The summed E-state index contributed by atoms with van der Waals surface area (Å²) in [5.74, 6) is 0.844. The molecule has 0 heterocycles. The minimum Gasteiger partial charge on any atom is -0.383 e. The van der Waals surface area contributed by atoms with E-state index in [0.717, 1.165) is 29.8 Å². The molecule has 116 valence electrons. The number of hydrogen-bond acceptors (Lipinski definition) is 2. The molecule has 3 atom stereocenters. The van der Waals surface area contributed by atoms with Crippen molar-refractivity contribution in [3.8, 4) is 0 Å². The zero-order chi connectivity index (χ0) is 15.1. The molecule has 0 aromatic heterocycles. The first-order chi connectivity index (χ1) is 9.93. The van der Waals surface area contributed by atoms with Gasteiger partial charge < -0.3 is 10.1 Å². The molecule has 0 radical (unpaired) electrons. The Morgan fingerprint density at radius 3 is 2.52 bits per heavy atom. The van der Waals surface area contributed by atoms with Gasteiger partial charge in [-0.2, -0.15) is 0 Å². The molecule has 0 aliphatic heterocycles. The first kappa shape index (κ1) is 15.2. The Morgan fingerprint density at radius 2 is 1.95 bits per heavy atom. The summed E-state index contributed by atoms with van der Waals surface area (Å²) in [4.78, 5) is 0. The zero-order valence-corrected chi connectivity index (χ0v) is 14.0. The van der Waals surface area contributed by atoms with E-state index in [-0.39, 0.29) is 0 Å². The molecular formula is C18H26ClNO. The van der Waals surface area contributed by atoms with Crippen LogP contribution in [-0.2, 0) is 4.74 Å². The maximum absolute atomic E-state index is 6.23. The Balaban J connectivity index is 1.48. The number of nitrogens with one attached hydrogen (secondary N) is 1.